The van der Waals surface area contributed by atoms with Crippen LogP contribution in [0.5, 0.6) is 0 Å². The van der Waals surface area contributed by atoms with Crippen molar-refractivity contribution >= 4 is 111 Å². The van der Waals surface area contributed by atoms with Crippen LogP contribution in [0.3, 0.4) is 0 Å². The van der Waals surface area contributed by atoms with E-state index in [2.05, 4.69) is 10.6 Å². The first-order valence-electron chi connectivity index (χ1n) is 49.7. The van der Waals surface area contributed by atoms with E-state index in [-0.39, 0.29) is 80.4 Å². The van der Waals surface area contributed by atoms with Crippen molar-refractivity contribution in [2.45, 2.75) is 280 Å². The maximum absolute atomic E-state index is 15.6. The summed E-state index contributed by atoms with van der Waals surface area (Å²) in [7, 11) is 3.74. The number of benzene rings is 6. The Kier molecular flexibility index (Phi) is 34.4. The average molecular weight is 2070 g/mol. The van der Waals surface area contributed by atoms with Gasteiger partial charge in [-0.15, -0.1) is 0 Å². The molecule has 786 valence electrons. The molecule has 0 radical (unpaired) electrons. The molecule has 4 saturated carbocycles. The lowest BCUT2D eigenvalue weighted by atomic mass is 9.43. The maximum atomic E-state index is 15.6. The first-order chi connectivity index (χ1) is 69.8. The fraction of sp³-hybridized carbons (Fsp3) is 0.505. The number of ether oxygens (including phenoxy) is 12. The number of carbonyl (C=O) groups is 15. The number of amides is 2. The third-order valence-electron chi connectivity index (χ3n) is 31.4. The number of aliphatic hydroxyl groups is 4. The molecule has 3 aliphatic heterocycles. The summed E-state index contributed by atoms with van der Waals surface area (Å²) in [5.74, 6) is -16.2. The van der Waals surface area contributed by atoms with Crippen molar-refractivity contribution in [1.82, 2.24) is 10.6 Å². The van der Waals surface area contributed by atoms with Crippen LogP contribution in [0.1, 0.15) is 244 Å². The fourth-order valence-electron chi connectivity index (χ4n) is 23.8. The molecule has 3 heterocycles. The summed E-state index contributed by atoms with van der Waals surface area (Å²) in [5.41, 5.74) is -12.0. The SMILES string of the molecule is CC(=O)O[C@@]12COC1C[C@H](O)[C@@]1(C)C(=O)[C@H](C)C3=C(C)[C@@H](OC(=O)[C@H](OC(=O)CCCC(=O)O)[C@@H](NC(=O)c4ccccc4)c4ccccc4)C[C@@](O)([C@@H](OC(=O)c4ccccc4)[C@@H]12)C3(C)C.CC(=O)O[C@@]12COC1C[C@H](O)[C@@]1(C)C(=O)[C@H](C)C3=C(C)[C@@H](OC(=O)[C@H](OC(=O)CCCC(=O)OCOC(=O)CCCCC4CCSS4)[C@@H](NC(=O)c4ccccc4)c4ccccc4)C[C@@](O)([C@@H](OC(=O)c4ccccc4)[C@@H]12)C3(C)C. The van der Waals surface area contributed by atoms with Gasteiger partial charge in [0.15, 0.2) is 11.2 Å². The zero-order valence-electron chi connectivity index (χ0n) is 84.1. The van der Waals surface area contributed by atoms with E-state index in [1.807, 2.05) is 21.6 Å². The minimum Gasteiger partial charge on any atom is -0.481 e. The molecule has 2 amide bonds. The summed E-state index contributed by atoms with van der Waals surface area (Å²) in [4.78, 5) is 208. The third kappa shape index (κ3) is 22.4. The smallest absolute Gasteiger partial charge is 0.350 e. The number of Topliss-reactive ketones (excluding diaryl/α,β-unsaturated/α-hetero) is 2. The van der Waals surface area contributed by atoms with Crippen molar-refractivity contribution in [3.05, 3.63) is 238 Å². The van der Waals surface area contributed by atoms with Crippen molar-refractivity contribution in [3.8, 4) is 0 Å². The molecule has 147 heavy (non-hydrogen) atoms. The summed E-state index contributed by atoms with van der Waals surface area (Å²) >= 11 is 0. The second kappa shape index (κ2) is 45.8. The highest BCUT2D eigenvalue weighted by Crippen LogP contribution is 2.68. The number of unbranched alkanes of at least 4 members (excludes halogenated alkanes) is 1. The van der Waals surface area contributed by atoms with Gasteiger partial charge in [-0.2, -0.15) is 0 Å². The van der Waals surface area contributed by atoms with Gasteiger partial charge in [0.25, 0.3) is 11.8 Å². The predicted molar refractivity (Wildman–Crippen MR) is 530 cm³/mol. The van der Waals surface area contributed by atoms with Gasteiger partial charge in [0.05, 0.1) is 59.2 Å². The molecular weight excluding hydrogens is 1940 g/mol. The Morgan fingerprint density at radius 2 is 0.803 bits per heavy atom. The van der Waals surface area contributed by atoms with E-state index in [1.165, 1.54) is 52.0 Å². The molecule has 6 aliphatic carbocycles. The summed E-state index contributed by atoms with van der Waals surface area (Å²) < 4.78 is 72.0. The van der Waals surface area contributed by atoms with Gasteiger partial charge in [-0.3, -0.25) is 52.7 Å². The summed E-state index contributed by atoms with van der Waals surface area (Å²) in [6, 6.07) is 45.8. The Morgan fingerprint density at radius 1 is 0.456 bits per heavy atom. The zero-order chi connectivity index (χ0) is 106. The Labute approximate surface area is 859 Å². The van der Waals surface area contributed by atoms with Gasteiger partial charge >= 0.3 is 65.7 Å². The van der Waals surface area contributed by atoms with E-state index in [0.29, 0.717) is 45.1 Å². The number of carboxylic acid groups (broad SMARTS) is 1. The Bertz CT molecular complexity index is 5960. The molecule has 36 heteroatoms. The molecule has 7 N–H and O–H groups in total. The fourth-order valence-corrected chi connectivity index (χ4v) is 26.8. The number of carbonyl (C=O) groups excluding carboxylic acids is 14. The first-order valence-corrected chi connectivity index (χ1v) is 52.1. The number of nitrogens with one attached hydrogen (secondary N) is 2. The van der Waals surface area contributed by atoms with Crippen molar-refractivity contribution in [3.63, 3.8) is 0 Å². The highest BCUT2D eigenvalue weighted by atomic mass is 33.1. The number of hydrogen-bond acceptors (Lipinski definition) is 33. The van der Waals surface area contributed by atoms with Crippen LogP contribution in [0.2, 0.25) is 0 Å². The molecule has 34 nitrogen and oxygen atoms in total. The van der Waals surface area contributed by atoms with Crippen LogP contribution < -0.4 is 10.6 Å². The van der Waals surface area contributed by atoms with E-state index in [4.69, 9.17) is 56.8 Å². The van der Waals surface area contributed by atoms with Crippen LogP contribution in [-0.2, 0) is 110 Å². The van der Waals surface area contributed by atoms with Gasteiger partial charge < -0.3 is 93.0 Å². The van der Waals surface area contributed by atoms with E-state index in [0.717, 1.165) is 25.0 Å². The monoisotopic (exact) mass is 2060 g/mol. The molecule has 3 saturated heterocycles. The Hall–Kier alpha value is -12.3. The number of aliphatic hydroxyl groups excluding tert-OH is 2. The lowest BCUT2D eigenvalue weighted by Crippen LogP contribution is -2.81. The van der Waals surface area contributed by atoms with E-state index < -0.39 is 262 Å². The van der Waals surface area contributed by atoms with Crippen LogP contribution in [0.25, 0.3) is 0 Å². The second-order valence-electron chi connectivity index (χ2n) is 40.9. The van der Waals surface area contributed by atoms with E-state index in [1.54, 1.807) is 213 Å². The van der Waals surface area contributed by atoms with Crippen molar-refractivity contribution in [1.29, 1.82) is 0 Å². The van der Waals surface area contributed by atoms with E-state index >= 15 is 19.2 Å². The normalized spacial score (nSPS) is 29.6. The molecule has 15 rings (SSSR count). The molecule has 4 bridgehead atoms. The second-order valence-corrected chi connectivity index (χ2v) is 43.7. The minimum absolute atomic E-state index is 0.0864. The zero-order valence-corrected chi connectivity index (χ0v) is 85.8. The third-order valence-corrected chi connectivity index (χ3v) is 34.4. The van der Waals surface area contributed by atoms with Crippen molar-refractivity contribution < 1.29 is 154 Å². The molecule has 0 aromatic heterocycles. The minimum atomic E-state index is -2.31. The topological polar surface area (TPSA) is 492 Å². The highest BCUT2D eigenvalue weighted by molar-refractivity contribution is 8.77. The first kappa shape index (κ1) is 110. The quantitative estimate of drug-likeness (QED) is 0.00485. The van der Waals surface area contributed by atoms with Crippen LogP contribution in [0, 0.1) is 45.3 Å². The molecule has 7 fully saturated rings. The maximum Gasteiger partial charge on any atom is 0.350 e. The lowest BCUT2D eigenvalue weighted by Gasteiger charge is -2.67. The Balaban J connectivity index is 0.000000236. The number of hydrogen-bond donors (Lipinski definition) is 7. The van der Waals surface area contributed by atoms with Gasteiger partial charge in [0, 0.05) is 116 Å². The highest BCUT2D eigenvalue weighted by Gasteiger charge is 2.80. The number of fused-ring (bicyclic) bond motifs is 10. The van der Waals surface area contributed by atoms with Gasteiger partial charge in [0.2, 0.25) is 19.0 Å². The van der Waals surface area contributed by atoms with Crippen molar-refractivity contribution in [2.75, 3.05) is 25.8 Å². The van der Waals surface area contributed by atoms with Crippen LogP contribution in [0.15, 0.2) is 204 Å². The predicted octanol–water partition coefficient (Wildman–Crippen LogP) is 13.2. The van der Waals surface area contributed by atoms with Gasteiger partial charge in [-0.25, -0.2) is 19.2 Å². The molecule has 3 unspecified atom stereocenters. The summed E-state index contributed by atoms with van der Waals surface area (Å²) in [6.45, 7) is 17.6. The lowest BCUT2D eigenvalue weighted by molar-refractivity contribution is -0.345. The van der Waals surface area contributed by atoms with Crippen LogP contribution >= 0.6 is 21.6 Å². The van der Waals surface area contributed by atoms with Crippen molar-refractivity contribution in [2.24, 2.45) is 45.3 Å². The molecule has 6 aromatic carbocycles. The molecule has 0 spiro atoms. The van der Waals surface area contributed by atoms with E-state index in [9.17, 15) is 78.3 Å². The van der Waals surface area contributed by atoms with Gasteiger partial charge in [-0.1, -0.05) is 203 Å². The van der Waals surface area contributed by atoms with Gasteiger partial charge in [0.1, 0.15) is 71.5 Å². The molecule has 23 atom stereocenters. The molecule has 6 aromatic rings. The Morgan fingerprint density at radius 3 is 1.14 bits per heavy atom. The number of esters is 10. The van der Waals surface area contributed by atoms with Crippen LogP contribution in [-0.4, -0.2) is 229 Å². The standard InChI is InChI=1S/C60H71NO17S2.C51H57NO15/c1-35-42(32-60(71)53(77-55(69)40-23-14-9-15-24-40)51-58(6,52(67)36(2)48(35)57(60,4)5)43(63)31-44-59(51,33-72-44)78-37(3)62)75-56(70)50(49(38-19-10-7-11-20-38)61-54(68)39-21-12-8-13-22-39)76-47(66)28-18-27-46(65)74-34-73-45(64)26-17-16-25-41-29-30-79-80-41;1-28-34(64-47(61)41(65-38(57)24-16-23-37(55)56)40(31-17-10-7-11-18-31)52-45(59)32-19-12-8-13-20-32)26-51(62)44(66-46(60)33-21-14-9-15-22-33)42-49(6,43(58)29(2)39(28)48(51,4)5)35(54)25-36-50(42,27-63-36)67-30(3)53/h7-15,19-24,36,41-44,49-51,53,63,71H,16-18,25-34H2,1-6H3,(H,61,68);7-15,17-22,29,34-36,40-42,44,54,62H,16,23-27H2,1-6H3,(H,52,59)(H,55,56)/t36-,41?,42+,43+,44?,49+,50-,51+,53+,58-,59+,60-;29-,34+,35+,36?,40+,41-,42+,44+,49-,50+,51-/m11/s1. The number of aliphatic carboxylic acids is 1. The van der Waals surface area contributed by atoms with Gasteiger partial charge in [-0.05, 0) is 142 Å². The summed E-state index contributed by atoms with van der Waals surface area (Å²) in [6.07, 6.45) is -14.1. The largest absolute Gasteiger partial charge is 0.481 e. The molecular formula is C111H128N2O32S2. The number of rotatable bonds is 35. The van der Waals surface area contributed by atoms with Crippen LogP contribution in [0.4, 0.5) is 0 Å². The number of ketones is 2. The molecule has 9 aliphatic rings. The summed E-state index contributed by atoms with van der Waals surface area (Å²) in [5, 5.41) is 67.5. The number of carboxylic acids is 1. The average Bonchev–Trinajstić information content (AvgIpc) is 0.741.